The number of rotatable bonds is 3. The van der Waals surface area contributed by atoms with E-state index in [2.05, 4.69) is 31.2 Å². The van der Waals surface area contributed by atoms with Crippen molar-refractivity contribution in [1.82, 2.24) is 9.97 Å². The van der Waals surface area contributed by atoms with Crippen LogP contribution in [0.4, 0.5) is 5.69 Å². The molecule has 0 saturated heterocycles. The molecule has 2 N–H and O–H groups in total. The van der Waals surface area contributed by atoms with Crippen molar-refractivity contribution in [2.45, 2.75) is 0 Å². The minimum Gasteiger partial charge on any atom is -0.350 e. The Bertz CT molecular complexity index is 1010. The minimum absolute atomic E-state index is 0.163. The van der Waals surface area contributed by atoms with Crippen molar-refractivity contribution in [2.75, 3.05) is 5.32 Å². The third-order valence-corrected chi connectivity index (χ3v) is 4.97. The zero-order valence-electron chi connectivity index (χ0n) is 12.4. The maximum atomic E-state index is 12.4. The van der Waals surface area contributed by atoms with E-state index in [1.54, 1.807) is 17.5 Å². The van der Waals surface area contributed by atoms with Gasteiger partial charge in [-0.2, -0.15) is 0 Å². The third-order valence-electron chi connectivity index (χ3n) is 3.65. The van der Waals surface area contributed by atoms with Crippen molar-refractivity contribution in [2.24, 2.45) is 0 Å². The second kappa shape index (κ2) is 6.22. The quantitative estimate of drug-likeness (QED) is 0.492. The van der Waals surface area contributed by atoms with Gasteiger partial charge in [0.15, 0.2) is 0 Å². The fourth-order valence-corrected chi connectivity index (χ4v) is 3.49. The van der Waals surface area contributed by atoms with Crippen LogP contribution < -0.4 is 5.32 Å². The fourth-order valence-electron chi connectivity index (χ4n) is 2.48. The molecule has 1 amide bonds. The van der Waals surface area contributed by atoms with E-state index in [0.717, 1.165) is 31.6 Å². The number of halogens is 1. The van der Waals surface area contributed by atoms with Crippen LogP contribution in [0.15, 0.2) is 64.6 Å². The van der Waals surface area contributed by atoms with Gasteiger partial charge < -0.3 is 10.3 Å². The smallest absolute Gasteiger partial charge is 0.272 e. The number of amides is 1. The standard InChI is InChI=1S/C18H12BrN3OS/c19-13-4-1-12-9-16(22-15(12)10-13)17(23)21-14-5-2-11(3-6-14)18-20-7-8-24-18/h1-10,22H,(H,21,23). The molecule has 118 valence electrons. The highest BCUT2D eigenvalue weighted by Crippen LogP contribution is 2.24. The summed E-state index contributed by atoms with van der Waals surface area (Å²) in [5, 5.41) is 6.82. The van der Waals surface area contributed by atoms with E-state index in [1.807, 2.05) is 53.9 Å². The highest BCUT2D eigenvalue weighted by molar-refractivity contribution is 9.10. The van der Waals surface area contributed by atoms with Gasteiger partial charge in [-0.1, -0.05) is 22.0 Å². The SMILES string of the molecule is O=C(Nc1ccc(-c2nccs2)cc1)c1cc2ccc(Br)cc2[nH]1. The molecule has 0 spiro atoms. The number of nitrogens with zero attached hydrogens (tertiary/aromatic N) is 1. The largest absolute Gasteiger partial charge is 0.350 e. The van der Waals surface area contributed by atoms with Crippen LogP contribution in [-0.2, 0) is 0 Å². The number of nitrogens with one attached hydrogen (secondary N) is 2. The lowest BCUT2D eigenvalue weighted by Crippen LogP contribution is -2.12. The van der Waals surface area contributed by atoms with Gasteiger partial charge in [0.2, 0.25) is 0 Å². The summed E-state index contributed by atoms with van der Waals surface area (Å²) in [6.45, 7) is 0. The number of H-pyrrole nitrogens is 1. The molecule has 0 aliphatic rings. The number of fused-ring (bicyclic) bond motifs is 1. The Balaban J connectivity index is 1.54. The third kappa shape index (κ3) is 2.98. The summed E-state index contributed by atoms with van der Waals surface area (Å²) in [5.74, 6) is -0.163. The second-order valence-corrected chi connectivity index (χ2v) is 7.09. The van der Waals surface area contributed by atoms with Crippen molar-refractivity contribution in [3.63, 3.8) is 0 Å². The lowest BCUT2D eigenvalue weighted by molar-refractivity contribution is 0.102. The van der Waals surface area contributed by atoms with Crippen LogP contribution >= 0.6 is 27.3 Å². The molecule has 2 aromatic heterocycles. The summed E-state index contributed by atoms with van der Waals surface area (Å²) in [6.07, 6.45) is 1.78. The van der Waals surface area contributed by atoms with Crippen molar-refractivity contribution in [3.8, 4) is 10.6 Å². The van der Waals surface area contributed by atoms with Gasteiger partial charge in [0, 0.05) is 38.2 Å². The van der Waals surface area contributed by atoms with E-state index < -0.39 is 0 Å². The molecular weight excluding hydrogens is 386 g/mol. The van der Waals surface area contributed by atoms with Crippen LogP contribution in [0.25, 0.3) is 21.5 Å². The molecule has 0 aliphatic heterocycles. The molecule has 6 heteroatoms. The predicted octanol–water partition coefficient (Wildman–Crippen LogP) is 5.31. The number of anilines is 1. The molecular formula is C18H12BrN3OS. The van der Waals surface area contributed by atoms with Crippen LogP contribution in [0, 0.1) is 0 Å². The lowest BCUT2D eigenvalue weighted by atomic mass is 10.2. The minimum atomic E-state index is -0.163. The van der Waals surface area contributed by atoms with Crippen LogP contribution in [-0.4, -0.2) is 15.9 Å². The van der Waals surface area contributed by atoms with E-state index in [1.165, 1.54) is 0 Å². The maximum Gasteiger partial charge on any atom is 0.272 e. The molecule has 0 fully saturated rings. The second-order valence-electron chi connectivity index (χ2n) is 5.28. The Morgan fingerprint density at radius 3 is 2.71 bits per heavy atom. The van der Waals surface area contributed by atoms with E-state index in [0.29, 0.717) is 5.69 Å². The van der Waals surface area contributed by atoms with Gasteiger partial charge in [-0.25, -0.2) is 4.98 Å². The Morgan fingerprint density at radius 1 is 1.12 bits per heavy atom. The molecule has 4 nitrogen and oxygen atoms in total. The number of benzene rings is 2. The Labute approximate surface area is 150 Å². The van der Waals surface area contributed by atoms with Gasteiger partial charge in [0.25, 0.3) is 5.91 Å². The highest BCUT2D eigenvalue weighted by Gasteiger charge is 2.10. The predicted molar refractivity (Wildman–Crippen MR) is 102 cm³/mol. The first-order chi connectivity index (χ1) is 11.7. The van der Waals surface area contributed by atoms with Crippen LogP contribution in [0.1, 0.15) is 10.5 Å². The topological polar surface area (TPSA) is 57.8 Å². The zero-order chi connectivity index (χ0) is 16.5. The van der Waals surface area contributed by atoms with Crippen molar-refractivity contribution in [3.05, 3.63) is 70.3 Å². The van der Waals surface area contributed by atoms with Gasteiger partial charge >= 0.3 is 0 Å². The first kappa shape index (κ1) is 15.1. The lowest BCUT2D eigenvalue weighted by Gasteiger charge is -2.04. The molecule has 0 aliphatic carbocycles. The molecule has 0 unspecified atom stereocenters. The van der Waals surface area contributed by atoms with Crippen LogP contribution in [0.3, 0.4) is 0 Å². The molecule has 2 heterocycles. The normalized spacial score (nSPS) is 10.9. The van der Waals surface area contributed by atoms with Crippen molar-refractivity contribution < 1.29 is 4.79 Å². The van der Waals surface area contributed by atoms with E-state index in [4.69, 9.17) is 0 Å². The molecule has 0 saturated carbocycles. The number of aromatic amines is 1. The van der Waals surface area contributed by atoms with Gasteiger partial charge in [-0.05, 0) is 42.5 Å². The van der Waals surface area contributed by atoms with Crippen molar-refractivity contribution in [1.29, 1.82) is 0 Å². The number of thiazole rings is 1. The van der Waals surface area contributed by atoms with E-state index >= 15 is 0 Å². The summed E-state index contributed by atoms with van der Waals surface area (Å²) in [7, 11) is 0. The maximum absolute atomic E-state index is 12.4. The first-order valence-corrected chi connectivity index (χ1v) is 8.96. The number of carbonyl (C=O) groups excluding carboxylic acids is 1. The summed E-state index contributed by atoms with van der Waals surface area (Å²) in [5.41, 5.74) is 3.25. The number of hydrogen-bond acceptors (Lipinski definition) is 3. The molecule has 0 atom stereocenters. The Kier molecular flexibility index (Phi) is 3.92. The van der Waals surface area contributed by atoms with E-state index in [-0.39, 0.29) is 5.91 Å². The Hall–Kier alpha value is -2.44. The van der Waals surface area contributed by atoms with Crippen LogP contribution in [0.5, 0.6) is 0 Å². The fraction of sp³-hybridized carbons (Fsp3) is 0. The summed E-state index contributed by atoms with van der Waals surface area (Å²) in [6, 6.07) is 15.4. The monoisotopic (exact) mass is 397 g/mol. The molecule has 4 rings (SSSR count). The number of aromatic nitrogens is 2. The van der Waals surface area contributed by atoms with Gasteiger partial charge in [-0.3, -0.25) is 4.79 Å². The molecule has 24 heavy (non-hydrogen) atoms. The van der Waals surface area contributed by atoms with Crippen molar-refractivity contribution >= 4 is 49.8 Å². The molecule has 4 aromatic rings. The highest BCUT2D eigenvalue weighted by atomic mass is 79.9. The number of hydrogen-bond donors (Lipinski definition) is 2. The summed E-state index contributed by atoms with van der Waals surface area (Å²) >= 11 is 5.02. The first-order valence-electron chi connectivity index (χ1n) is 7.28. The molecule has 0 bridgehead atoms. The number of carbonyl (C=O) groups is 1. The van der Waals surface area contributed by atoms with Gasteiger partial charge in [0.1, 0.15) is 10.7 Å². The van der Waals surface area contributed by atoms with Gasteiger partial charge in [0.05, 0.1) is 0 Å². The Morgan fingerprint density at radius 2 is 1.96 bits per heavy atom. The average Bonchev–Trinajstić information content (AvgIpc) is 3.24. The van der Waals surface area contributed by atoms with E-state index in [9.17, 15) is 4.79 Å². The summed E-state index contributed by atoms with van der Waals surface area (Å²) in [4.78, 5) is 19.8. The molecule has 2 aromatic carbocycles. The van der Waals surface area contributed by atoms with Crippen LogP contribution in [0.2, 0.25) is 0 Å². The molecule has 0 radical (unpaired) electrons. The average molecular weight is 398 g/mol. The van der Waals surface area contributed by atoms with Gasteiger partial charge in [-0.15, -0.1) is 11.3 Å². The summed E-state index contributed by atoms with van der Waals surface area (Å²) < 4.78 is 0.974. The zero-order valence-corrected chi connectivity index (χ0v) is 14.8.